The Hall–Kier alpha value is -2.08. The number of rotatable bonds is 5. The molecular weight excluding hydrogens is 294 g/mol. The van der Waals surface area contributed by atoms with Crippen LogP contribution in [0.4, 0.5) is 5.69 Å². The third kappa shape index (κ3) is 2.12. The summed E-state index contributed by atoms with van der Waals surface area (Å²) in [5, 5.41) is 14.1. The van der Waals surface area contributed by atoms with Crippen molar-refractivity contribution in [2.75, 3.05) is 18.5 Å². The van der Waals surface area contributed by atoms with Gasteiger partial charge in [0.2, 0.25) is 0 Å². The van der Waals surface area contributed by atoms with Gasteiger partial charge in [0, 0.05) is 36.3 Å². The molecule has 2 aromatic heterocycles. The maximum atomic E-state index is 12.3. The van der Waals surface area contributed by atoms with Crippen molar-refractivity contribution in [1.82, 2.24) is 9.97 Å². The minimum atomic E-state index is -0.365. The number of nitrogens with zero attached hydrogens (tertiary/aromatic N) is 1. The summed E-state index contributed by atoms with van der Waals surface area (Å²) in [7, 11) is 0. The van der Waals surface area contributed by atoms with Gasteiger partial charge in [0.05, 0.1) is 12.3 Å². The van der Waals surface area contributed by atoms with Crippen LogP contribution in [0.15, 0.2) is 18.5 Å². The number of fused-ring (bicyclic) bond motifs is 2. The predicted molar refractivity (Wildman–Crippen MR) is 86.3 cm³/mol. The van der Waals surface area contributed by atoms with Gasteiger partial charge in [-0.15, -0.1) is 0 Å². The van der Waals surface area contributed by atoms with Gasteiger partial charge in [0.1, 0.15) is 11.2 Å². The molecule has 2 saturated carbocycles. The highest BCUT2D eigenvalue weighted by Crippen LogP contribution is 2.55. The number of carbonyl (C=O) groups excluding carboxylic acids is 1. The number of aliphatic hydroxyl groups is 1. The zero-order valence-corrected chi connectivity index (χ0v) is 13.1. The minimum Gasteiger partial charge on any atom is -0.462 e. The second-order valence-electron chi connectivity index (χ2n) is 6.43. The normalized spacial score (nSPS) is 28.6. The molecule has 4 atom stereocenters. The van der Waals surface area contributed by atoms with Gasteiger partial charge in [-0.25, -0.2) is 9.78 Å². The Bertz CT molecular complexity index is 742. The van der Waals surface area contributed by atoms with E-state index in [1.165, 1.54) is 12.8 Å². The lowest BCUT2D eigenvalue weighted by atomic mass is 9.50. The molecule has 3 N–H and O–H groups in total. The molecule has 4 rings (SSSR count). The molecule has 0 spiro atoms. The Morgan fingerprint density at radius 3 is 3.00 bits per heavy atom. The van der Waals surface area contributed by atoms with Crippen LogP contribution in [0.2, 0.25) is 0 Å². The monoisotopic (exact) mass is 315 g/mol. The van der Waals surface area contributed by atoms with Crippen LogP contribution in [0, 0.1) is 17.8 Å². The van der Waals surface area contributed by atoms with Crippen molar-refractivity contribution in [2.24, 2.45) is 17.8 Å². The molecule has 0 aromatic carbocycles. The number of hydrogen-bond acceptors (Lipinski definition) is 5. The van der Waals surface area contributed by atoms with Crippen molar-refractivity contribution >= 4 is 22.7 Å². The summed E-state index contributed by atoms with van der Waals surface area (Å²) < 4.78 is 5.16. The predicted octanol–water partition coefficient (Wildman–Crippen LogP) is 2.17. The first-order chi connectivity index (χ1) is 11.2. The number of aliphatic hydroxyl groups excluding tert-OH is 1. The SMILES string of the molecule is CCOC(=O)c1cnc2[nH]ccc2c1N[C@H]1C2CCC2[C@H]1CO. The van der Waals surface area contributed by atoms with E-state index in [-0.39, 0.29) is 24.5 Å². The summed E-state index contributed by atoms with van der Waals surface area (Å²) >= 11 is 0. The Balaban J connectivity index is 1.70. The molecule has 0 saturated heterocycles. The zero-order valence-electron chi connectivity index (χ0n) is 13.1. The Morgan fingerprint density at radius 2 is 2.30 bits per heavy atom. The molecule has 2 aliphatic rings. The van der Waals surface area contributed by atoms with Crippen molar-refractivity contribution in [3.05, 3.63) is 24.0 Å². The van der Waals surface area contributed by atoms with E-state index in [0.717, 1.165) is 16.7 Å². The summed E-state index contributed by atoms with van der Waals surface area (Å²) in [6, 6.07) is 2.13. The standard InChI is InChI=1S/C17H21N3O3/c1-2-23-17(22)12-7-19-16-11(5-6-18-16)15(12)20-14-10-4-3-9(10)13(14)8-21/h5-7,9-10,13-14,21H,2-4,8H2,1H3,(H2,18,19,20)/t9?,10?,13-,14+/m1/s1. The molecule has 0 radical (unpaired) electrons. The average Bonchev–Trinajstić information content (AvgIpc) is 2.99. The highest BCUT2D eigenvalue weighted by molar-refractivity contribution is 6.04. The van der Waals surface area contributed by atoms with E-state index in [2.05, 4.69) is 15.3 Å². The lowest BCUT2D eigenvalue weighted by molar-refractivity contribution is -0.0677. The van der Waals surface area contributed by atoms with Crippen molar-refractivity contribution < 1.29 is 14.6 Å². The molecule has 0 amide bonds. The van der Waals surface area contributed by atoms with Crippen LogP contribution in [0.3, 0.4) is 0 Å². The first kappa shape index (κ1) is 14.5. The number of H-pyrrole nitrogens is 1. The molecule has 6 heteroatoms. The van der Waals surface area contributed by atoms with Crippen LogP contribution >= 0.6 is 0 Å². The Kier molecular flexibility index (Phi) is 3.49. The van der Waals surface area contributed by atoms with Crippen LogP contribution in [-0.4, -0.2) is 40.3 Å². The van der Waals surface area contributed by atoms with Crippen LogP contribution < -0.4 is 5.32 Å². The molecule has 23 heavy (non-hydrogen) atoms. The third-order valence-electron chi connectivity index (χ3n) is 5.46. The van der Waals surface area contributed by atoms with Gasteiger partial charge in [-0.2, -0.15) is 0 Å². The molecule has 0 bridgehead atoms. The van der Waals surface area contributed by atoms with Gasteiger partial charge >= 0.3 is 5.97 Å². The lowest BCUT2D eigenvalue weighted by Gasteiger charge is -2.59. The minimum absolute atomic E-state index is 0.189. The first-order valence-corrected chi connectivity index (χ1v) is 8.25. The molecule has 2 unspecified atom stereocenters. The molecule has 0 aliphatic heterocycles. The number of hydrogen-bond donors (Lipinski definition) is 3. The smallest absolute Gasteiger partial charge is 0.341 e. The Labute approximate surface area is 134 Å². The van der Waals surface area contributed by atoms with E-state index < -0.39 is 0 Å². The molecule has 2 heterocycles. The van der Waals surface area contributed by atoms with E-state index in [4.69, 9.17) is 4.74 Å². The van der Waals surface area contributed by atoms with E-state index in [0.29, 0.717) is 24.0 Å². The molecule has 2 aromatic rings. The topological polar surface area (TPSA) is 87.2 Å². The molecule has 2 aliphatic carbocycles. The third-order valence-corrected chi connectivity index (χ3v) is 5.46. The summed E-state index contributed by atoms with van der Waals surface area (Å²) in [6.07, 6.45) is 5.77. The number of anilines is 1. The molecule has 6 nitrogen and oxygen atoms in total. The maximum Gasteiger partial charge on any atom is 0.341 e. The van der Waals surface area contributed by atoms with Gasteiger partial charge < -0.3 is 20.1 Å². The van der Waals surface area contributed by atoms with Crippen molar-refractivity contribution in [3.8, 4) is 0 Å². The van der Waals surface area contributed by atoms with E-state index in [1.54, 1.807) is 13.1 Å². The van der Waals surface area contributed by atoms with Gasteiger partial charge in [-0.1, -0.05) is 0 Å². The first-order valence-electron chi connectivity index (χ1n) is 8.25. The van der Waals surface area contributed by atoms with Crippen LogP contribution in [0.25, 0.3) is 11.0 Å². The second-order valence-corrected chi connectivity index (χ2v) is 6.43. The fourth-order valence-electron chi connectivity index (χ4n) is 4.12. The fourth-order valence-corrected chi connectivity index (χ4v) is 4.12. The number of aromatic nitrogens is 2. The number of esters is 1. The number of nitrogens with one attached hydrogen (secondary N) is 2. The van der Waals surface area contributed by atoms with Crippen LogP contribution in [-0.2, 0) is 4.74 Å². The van der Waals surface area contributed by atoms with Gasteiger partial charge in [0.25, 0.3) is 0 Å². The quantitative estimate of drug-likeness (QED) is 0.736. The summed E-state index contributed by atoms with van der Waals surface area (Å²) in [4.78, 5) is 19.6. The highest BCUT2D eigenvalue weighted by Gasteiger charge is 2.55. The average molecular weight is 315 g/mol. The summed E-state index contributed by atoms with van der Waals surface area (Å²) in [5.74, 6) is 1.14. The number of pyridine rings is 1. The van der Waals surface area contributed by atoms with Crippen molar-refractivity contribution in [1.29, 1.82) is 0 Å². The second kappa shape index (κ2) is 5.53. The Morgan fingerprint density at radius 1 is 1.48 bits per heavy atom. The van der Waals surface area contributed by atoms with Gasteiger partial charge in [0.15, 0.2) is 0 Å². The van der Waals surface area contributed by atoms with Crippen molar-refractivity contribution in [3.63, 3.8) is 0 Å². The maximum absolute atomic E-state index is 12.3. The number of aromatic amines is 1. The van der Waals surface area contributed by atoms with Gasteiger partial charge in [-0.3, -0.25) is 0 Å². The van der Waals surface area contributed by atoms with Crippen LogP contribution in [0.1, 0.15) is 30.1 Å². The van der Waals surface area contributed by atoms with Crippen LogP contribution in [0.5, 0.6) is 0 Å². The molecular formula is C17H21N3O3. The summed E-state index contributed by atoms with van der Waals surface area (Å²) in [6.45, 7) is 2.31. The fraction of sp³-hybridized carbons (Fsp3) is 0.529. The molecule has 122 valence electrons. The largest absolute Gasteiger partial charge is 0.462 e. The zero-order chi connectivity index (χ0) is 16.0. The number of ether oxygens (including phenoxy) is 1. The van der Waals surface area contributed by atoms with E-state index in [1.807, 2.05) is 12.3 Å². The van der Waals surface area contributed by atoms with Gasteiger partial charge in [-0.05, 0) is 37.7 Å². The van der Waals surface area contributed by atoms with E-state index in [9.17, 15) is 9.90 Å². The van der Waals surface area contributed by atoms with E-state index >= 15 is 0 Å². The highest BCUT2D eigenvalue weighted by atomic mass is 16.5. The molecule has 2 fully saturated rings. The lowest BCUT2D eigenvalue weighted by Crippen LogP contribution is -2.61. The number of carbonyl (C=O) groups is 1. The van der Waals surface area contributed by atoms with Crippen molar-refractivity contribution in [2.45, 2.75) is 25.8 Å². The summed E-state index contributed by atoms with van der Waals surface area (Å²) in [5.41, 5.74) is 1.97.